The maximum atomic E-state index is 9.08. The van der Waals surface area contributed by atoms with Crippen molar-refractivity contribution in [3.8, 4) is 22.5 Å². The van der Waals surface area contributed by atoms with Gasteiger partial charge >= 0.3 is 0 Å². The van der Waals surface area contributed by atoms with E-state index < -0.39 is 0 Å². The van der Waals surface area contributed by atoms with Crippen LogP contribution in [-0.4, -0.2) is 25.9 Å². The summed E-state index contributed by atoms with van der Waals surface area (Å²) in [5, 5.41) is 12.5. The second-order valence-corrected chi connectivity index (χ2v) is 5.77. The smallest absolute Gasteiger partial charge is 0.121 e. The number of H-pyrrole nitrogens is 1. The Hall–Kier alpha value is -2.99. The van der Waals surface area contributed by atoms with E-state index in [9.17, 15) is 0 Å². The molecule has 0 amide bonds. The lowest BCUT2D eigenvalue weighted by atomic mass is 10.0. The molecule has 3 aromatic rings. The number of imidazole rings is 1. The number of nitrogens with two attached hydrogens (primary N) is 1. The summed E-state index contributed by atoms with van der Waals surface area (Å²) in [5.74, 6) is 0.745. The molecule has 2 aromatic heterocycles. The molecule has 4 rings (SSSR count). The van der Waals surface area contributed by atoms with Gasteiger partial charge in [0.05, 0.1) is 23.6 Å². The highest BCUT2D eigenvalue weighted by Crippen LogP contribution is 2.33. The molecule has 0 saturated carbocycles. The summed E-state index contributed by atoms with van der Waals surface area (Å²) < 4.78 is 0. The quantitative estimate of drug-likeness (QED) is 0.510. The SMILES string of the molecule is NCc1nc(-c2ccc3c(c2)CC/C3=N\O)c(-c2ccncc2)[nH]1. The molecule has 4 N–H and O–H groups in total. The number of rotatable bonds is 3. The second kappa shape index (κ2) is 5.90. The number of nitrogens with zero attached hydrogens (tertiary/aromatic N) is 3. The van der Waals surface area contributed by atoms with Crippen LogP contribution in [0.5, 0.6) is 0 Å². The van der Waals surface area contributed by atoms with Crippen LogP contribution < -0.4 is 5.73 Å². The summed E-state index contributed by atoms with van der Waals surface area (Å²) in [6.07, 6.45) is 5.16. The van der Waals surface area contributed by atoms with Gasteiger partial charge in [0.25, 0.3) is 0 Å². The van der Waals surface area contributed by atoms with Crippen LogP contribution in [0.2, 0.25) is 0 Å². The zero-order valence-corrected chi connectivity index (χ0v) is 13.0. The minimum Gasteiger partial charge on any atom is -0.411 e. The summed E-state index contributed by atoms with van der Waals surface area (Å²) in [6, 6.07) is 10.0. The zero-order valence-electron chi connectivity index (χ0n) is 13.0. The minimum atomic E-state index is 0.352. The Labute approximate surface area is 139 Å². The van der Waals surface area contributed by atoms with Crippen molar-refractivity contribution in [2.24, 2.45) is 10.9 Å². The summed E-state index contributed by atoms with van der Waals surface area (Å²) in [6.45, 7) is 0.352. The highest BCUT2D eigenvalue weighted by atomic mass is 16.4. The number of fused-ring (bicyclic) bond motifs is 1. The third-order valence-corrected chi connectivity index (χ3v) is 4.36. The summed E-state index contributed by atoms with van der Waals surface area (Å²) in [7, 11) is 0. The van der Waals surface area contributed by atoms with Gasteiger partial charge < -0.3 is 15.9 Å². The largest absolute Gasteiger partial charge is 0.411 e. The first-order valence-electron chi connectivity index (χ1n) is 7.84. The molecule has 24 heavy (non-hydrogen) atoms. The van der Waals surface area contributed by atoms with E-state index in [1.165, 1.54) is 5.56 Å². The highest BCUT2D eigenvalue weighted by Gasteiger charge is 2.20. The van der Waals surface area contributed by atoms with Crippen LogP contribution in [0.3, 0.4) is 0 Å². The van der Waals surface area contributed by atoms with Gasteiger partial charge in [-0.05, 0) is 36.6 Å². The molecule has 0 aliphatic heterocycles. The van der Waals surface area contributed by atoms with Crippen molar-refractivity contribution in [2.75, 3.05) is 0 Å². The van der Waals surface area contributed by atoms with E-state index >= 15 is 0 Å². The van der Waals surface area contributed by atoms with Crippen molar-refractivity contribution >= 4 is 5.71 Å². The molecule has 1 aromatic carbocycles. The first kappa shape index (κ1) is 14.6. The first-order valence-corrected chi connectivity index (χ1v) is 7.84. The number of pyridine rings is 1. The van der Waals surface area contributed by atoms with E-state index in [4.69, 9.17) is 10.9 Å². The van der Waals surface area contributed by atoms with E-state index in [0.29, 0.717) is 6.54 Å². The van der Waals surface area contributed by atoms with Crippen molar-refractivity contribution < 1.29 is 5.21 Å². The van der Waals surface area contributed by atoms with Gasteiger partial charge in [0.1, 0.15) is 5.82 Å². The predicted molar refractivity (Wildman–Crippen MR) is 91.8 cm³/mol. The normalized spacial score (nSPS) is 15.0. The third kappa shape index (κ3) is 2.37. The summed E-state index contributed by atoms with van der Waals surface area (Å²) in [5.41, 5.74) is 12.6. The Morgan fingerprint density at radius 1 is 1.12 bits per heavy atom. The molecule has 1 aliphatic carbocycles. The molecule has 2 heterocycles. The van der Waals surface area contributed by atoms with Crippen LogP contribution in [-0.2, 0) is 13.0 Å². The van der Waals surface area contributed by atoms with E-state index in [2.05, 4.69) is 26.2 Å². The maximum Gasteiger partial charge on any atom is 0.121 e. The molecular weight excluding hydrogens is 302 g/mol. The van der Waals surface area contributed by atoms with Crippen molar-refractivity contribution in [1.29, 1.82) is 0 Å². The third-order valence-electron chi connectivity index (χ3n) is 4.36. The standard InChI is InChI=1S/C18H17N5O/c19-10-16-21-17(11-5-7-20-8-6-11)18(22-16)13-1-3-14-12(9-13)2-4-15(14)23-24/h1,3,5-9,24H,2,4,10,19H2,(H,21,22)/b23-15+. The monoisotopic (exact) mass is 319 g/mol. The number of aryl methyl sites for hydroxylation is 1. The molecule has 0 fully saturated rings. The highest BCUT2D eigenvalue weighted by molar-refractivity contribution is 6.04. The second-order valence-electron chi connectivity index (χ2n) is 5.77. The number of hydrogen-bond acceptors (Lipinski definition) is 5. The van der Waals surface area contributed by atoms with Gasteiger partial charge in [0.15, 0.2) is 0 Å². The van der Waals surface area contributed by atoms with E-state index in [-0.39, 0.29) is 0 Å². The Morgan fingerprint density at radius 3 is 2.71 bits per heavy atom. The maximum absolute atomic E-state index is 9.08. The van der Waals surface area contributed by atoms with Crippen LogP contribution in [0.15, 0.2) is 47.9 Å². The average molecular weight is 319 g/mol. The molecular formula is C18H17N5O. The van der Waals surface area contributed by atoms with Gasteiger partial charge in [-0.25, -0.2) is 4.98 Å². The average Bonchev–Trinajstić information content (AvgIpc) is 3.25. The molecule has 0 atom stereocenters. The molecule has 0 saturated heterocycles. The topological polar surface area (TPSA) is 100 Å². The van der Waals surface area contributed by atoms with Gasteiger partial charge in [-0.3, -0.25) is 4.98 Å². The number of oxime groups is 1. The zero-order chi connectivity index (χ0) is 16.5. The summed E-state index contributed by atoms with van der Waals surface area (Å²) in [4.78, 5) is 12.0. The fourth-order valence-corrected chi connectivity index (χ4v) is 3.18. The lowest BCUT2D eigenvalue weighted by Gasteiger charge is -2.06. The number of nitrogens with one attached hydrogen (secondary N) is 1. The van der Waals surface area contributed by atoms with Crippen molar-refractivity contribution in [2.45, 2.75) is 19.4 Å². The van der Waals surface area contributed by atoms with Gasteiger partial charge in [0.2, 0.25) is 0 Å². The van der Waals surface area contributed by atoms with Crippen LogP contribution >= 0.6 is 0 Å². The number of hydrogen-bond donors (Lipinski definition) is 3. The lowest BCUT2D eigenvalue weighted by molar-refractivity contribution is 0.318. The molecule has 6 nitrogen and oxygen atoms in total. The minimum absolute atomic E-state index is 0.352. The summed E-state index contributed by atoms with van der Waals surface area (Å²) >= 11 is 0. The van der Waals surface area contributed by atoms with Crippen LogP contribution in [0, 0.1) is 0 Å². The fraction of sp³-hybridized carbons (Fsp3) is 0.167. The molecule has 0 unspecified atom stereocenters. The van der Waals surface area contributed by atoms with Gasteiger partial charge in [-0.2, -0.15) is 0 Å². The molecule has 6 heteroatoms. The number of aromatic amines is 1. The van der Waals surface area contributed by atoms with E-state index in [1.54, 1.807) is 12.4 Å². The Balaban J connectivity index is 1.84. The molecule has 0 bridgehead atoms. The van der Waals surface area contributed by atoms with Gasteiger partial charge in [-0.15, -0.1) is 0 Å². The Morgan fingerprint density at radius 2 is 1.96 bits per heavy atom. The van der Waals surface area contributed by atoms with Crippen molar-refractivity contribution in [3.05, 3.63) is 59.7 Å². The molecule has 120 valence electrons. The van der Waals surface area contributed by atoms with Gasteiger partial charge in [0, 0.05) is 29.1 Å². The van der Waals surface area contributed by atoms with E-state index in [0.717, 1.165) is 52.5 Å². The lowest BCUT2D eigenvalue weighted by Crippen LogP contribution is -1.98. The Kier molecular flexibility index (Phi) is 3.59. The van der Waals surface area contributed by atoms with Crippen LogP contribution in [0.1, 0.15) is 23.4 Å². The van der Waals surface area contributed by atoms with Gasteiger partial charge in [-0.1, -0.05) is 17.3 Å². The van der Waals surface area contributed by atoms with Crippen LogP contribution in [0.25, 0.3) is 22.5 Å². The molecule has 0 spiro atoms. The predicted octanol–water partition coefficient (Wildman–Crippen LogP) is 2.72. The molecule has 0 radical (unpaired) electrons. The number of benzene rings is 1. The van der Waals surface area contributed by atoms with E-state index in [1.807, 2.05) is 24.3 Å². The first-order chi connectivity index (χ1) is 11.8. The number of aromatic nitrogens is 3. The fourth-order valence-electron chi connectivity index (χ4n) is 3.18. The Bertz CT molecular complexity index is 914. The van der Waals surface area contributed by atoms with Crippen molar-refractivity contribution in [3.63, 3.8) is 0 Å². The molecule has 1 aliphatic rings. The van der Waals surface area contributed by atoms with Crippen LogP contribution in [0.4, 0.5) is 0 Å². The van der Waals surface area contributed by atoms with Crippen molar-refractivity contribution in [1.82, 2.24) is 15.0 Å².